The van der Waals surface area contributed by atoms with Crippen molar-refractivity contribution in [2.24, 2.45) is 0 Å². The maximum atomic E-state index is 13.5. The molecule has 0 radical (unpaired) electrons. The minimum absolute atomic E-state index is 0.00698. The Labute approximate surface area is 167 Å². The van der Waals surface area contributed by atoms with Crippen molar-refractivity contribution in [1.82, 2.24) is 20.2 Å². The number of hydrogen-bond acceptors (Lipinski definition) is 5. The van der Waals surface area contributed by atoms with Crippen molar-refractivity contribution in [3.05, 3.63) is 51.0 Å². The Bertz CT molecular complexity index is 1140. The maximum absolute atomic E-state index is 13.5. The highest BCUT2D eigenvalue weighted by atomic mass is 35.5. The van der Waals surface area contributed by atoms with E-state index in [0.717, 1.165) is 18.3 Å². The zero-order valence-electron chi connectivity index (χ0n) is 14.6. The molecule has 1 aromatic carbocycles. The number of nitrogens with zero attached hydrogens (tertiary/aromatic N) is 2. The molecule has 0 saturated heterocycles. The lowest BCUT2D eigenvalue weighted by Crippen LogP contribution is -2.21. The van der Waals surface area contributed by atoms with E-state index < -0.39 is 51.5 Å². The third-order valence-corrected chi connectivity index (χ3v) is 4.00. The van der Waals surface area contributed by atoms with Gasteiger partial charge in [0.15, 0.2) is 17.3 Å². The van der Waals surface area contributed by atoms with Gasteiger partial charge in [-0.1, -0.05) is 11.6 Å². The van der Waals surface area contributed by atoms with Crippen LogP contribution in [-0.2, 0) is 12.4 Å². The second-order valence-electron chi connectivity index (χ2n) is 5.64. The summed E-state index contributed by atoms with van der Waals surface area (Å²) in [6, 6.07) is 2.02. The summed E-state index contributed by atoms with van der Waals surface area (Å²) in [5, 5.41) is 5.21. The van der Waals surface area contributed by atoms with E-state index in [1.54, 1.807) is 0 Å². The molecule has 7 nitrogen and oxygen atoms in total. The summed E-state index contributed by atoms with van der Waals surface area (Å²) in [6.07, 6.45) is -8.93. The molecule has 2 heterocycles. The zero-order valence-corrected chi connectivity index (χ0v) is 15.3. The number of rotatable bonds is 4. The van der Waals surface area contributed by atoms with Crippen LogP contribution in [0.1, 0.15) is 11.3 Å². The van der Waals surface area contributed by atoms with Crippen LogP contribution in [0.4, 0.5) is 26.3 Å². The van der Waals surface area contributed by atoms with Crippen LogP contribution in [0, 0.1) is 0 Å². The van der Waals surface area contributed by atoms with Crippen molar-refractivity contribution >= 4 is 11.6 Å². The number of hydrogen-bond donors (Lipinski definition) is 2. The number of alkyl halides is 6. The second-order valence-corrected chi connectivity index (χ2v) is 6.05. The SMILES string of the molecule is COc1cn[nH]c1-c1nc(C(F)(F)F)c(Oc2ccc(Cl)c(C(F)(F)F)c2)c(=O)[nH]1. The largest absolute Gasteiger partial charge is 0.493 e. The van der Waals surface area contributed by atoms with E-state index in [-0.39, 0.29) is 11.4 Å². The van der Waals surface area contributed by atoms with Crippen LogP contribution >= 0.6 is 11.6 Å². The molecule has 0 spiro atoms. The van der Waals surface area contributed by atoms with Crippen molar-refractivity contribution in [2.75, 3.05) is 7.11 Å². The van der Waals surface area contributed by atoms with Gasteiger partial charge in [-0.05, 0) is 18.2 Å². The van der Waals surface area contributed by atoms with Crippen LogP contribution in [0.25, 0.3) is 11.5 Å². The van der Waals surface area contributed by atoms with Crippen molar-refractivity contribution in [1.29, 1.82) is 0 Å². The molecule has 2 N–H and O–H groups in total. The summed E-state index contributed by atoms with van der Waals surface area (Å²) in [6.45, 7) is 0. The fourth-order valence-corrected chi connectivity index (χ4v) is 2.59. The molecule has 3 rings (SSSR count). The molecular weight excluding hydrogens is 446 g/mol. The Morgan fingerprint density at radius 2 is 1.80 bits per heavy atom. The minimum atomic E-state index is -5.18. The van der Waals surface area contributed by atoms with Gasteiger partial charge in [0, 0.05) is 0 Å². The van der Waals surface area contributed by atoms with E-state index in [9.17, 15) is 31.1 Å². The van der Waals surface area contributed by atoms with Crippen molar-refractivity contribution in [3.8, 4) is 28.8 Å². The molecule has 0 fully saturated rings. The monoisotopic (exact) mass is 454 g/mol. The van der Waals surface area contributed by atoms with Crippen molar-refractivity contribution in [2.45, 2.75) is 12.4 Å². The lowest BCUT2D eigenvalue weighted by Gasteiger charge is -2.15. The third-order valence-electron chi connectivity index (χ3n) is 3.67. The highest BCUT2D eigenvalue weighted by Gasteiger charge is 2.40. The maximum Gasteiger partial charge on any atom is 0.437 e. The Morgan fingerprint density at radius 3 is 2.40 bits per heavy atom. The molecule has 2 aromatic heterocycles. The molecule has 0 amide bonds. The van der Waals surface area contributed by atoms with Gasteiger partial charge in [-0.2, -0.15) is 31.4 Å². The summed E-state index contributed by atoms with van der Waals surface area (Å²) in [5.41, 5.74) is -4.66. The van der Waals surface area contributed by atoms with Crippen molar-refractivity contribution < 1.29 is 35.8 Å². The number of halogens is 7. The van der Waals surface area contributed by atoms with Gasteiger partial charge in [-0.3, -0.25) is 9.89 Å². The fraction of sp³-hybridized carbons (Fsp3) is 0.188. The van der Waals surface area contributed by atoms with E-state index in [1.807, 2.05) is 0 Å². The van der Waals surface area contributed by atoms with Crippen LogP contribution in [0.15, 0.2) is 29.2 Å². The Kier molecular flexibility index (Phi) is 5.41. The lowest BCUT2D eigenvalue weighted by atomic mass is 10.2. The first-order valence-corrected chi connectivity index (χ1v) is 8.13. The standard InChI is InChI=1S/C16H9ClF6N4O3/c1-29-9-5-24-27-10(9)13-25-12(16(21,22)23)11(14(28)26-13)30-6-2-3-8(17)7(4-6)15(18,19)20/h2-5H,1H3,(H,24,27)(H,25,26,28). The summed E-state index contributed by atoms with van der Waals surface area (Å²) >= 11 is 5.47. The van der Waals surface area contributed by atoms with Crippen LogP contribution in [0.5, 0.6) is 17.2 Å². The minimum Gasteiger partial charge on any atom is -0.493 e. The molecule has 0 aliphatic rings. The quantitative estimate of drug-likeness (QED) is 0.560. The van der Waals surface area contributed by atoms with Crippen LogP contribution < -0.4 is 15.0 Å². The Morgan fingerprint density at radius 1 is 1.10 bits per heavy atom. The smallest absolute Gasteiger partial charge is 0.437 e. The van der Waals surface area contributed by atoms with Gasteiger partial charge in [-0.15, -0.1) is 0 Å². The second kappa shape index (κ2) is 7.55. The molecule has 160 valence electrons. The third kappa shape index (κ3) is 4.20. The predicted molar refractivity (Wildman–Crippen MR) is 90.5 cm³/mol. The average Bonchev–Trinajstić information content (AvgIpc) is 3.11. The van der Waals surface area contributed by atoms with Crippen LogP contribution in [0.2, 0.25) is 5.02 Å². The number of ether oxygens (including phenoxy) is 2. The van der Waals surface area contributed by atoms with E-state index in [4.69, 9.17) is 21.1 Å². The molecule has 3 aromatic rings. The van der Waals surface area contributed by atoms with Gasteiger partial charge in [0.2, 0.25) is 5.75 Å². The number of benzene rings is 1. The average molecular weight is 455 g/mol. The molecule has 0 unspecified atom stereocenters. The van der Waals surface area contributed by atoms with Gasteiger partial charge >= 0.3 is 12.4 Å². The first-order valence-electron chi connectivity index (χ1n) is 7.75. The highest BCUT2D eigenvalue weighted by molar-refractivity contribution is 6.31. The highest BCUT2D eigenvalue weighted by Crippen LogP contribution is 2.40. The summed E-state index contributed by atoms with van der Waals surface area (Å²) in [7, 11) is 1.22. The molecule has 30 heavy (non-hydrogen) atoms. The lowest BCUT2D eigenvalue weighted by molar-refractivity contribution is -0.142. The van der Waals surface area contributed by atoms with Gasteiger partial charge in [0.25, 0.3) is 5.56 Å². The Balaban J connectivity index is 2.13. The summed E-state index contributed by atoms with van der Waals surface area (Å²) in [5.74, 6) is -2.62. The molecule has 0 atom stereocenters. The molecule has 0 saturated carbocycles. The molecule has 14 heteroatoms. The van der Waals surface area contributed by atoms with Gasteiger partial charge in [0.05, 0.1) is 23.9 Å². The van der Waals surface area contributed by atoms with Gasteiger partial charge in [0.1, 0.15) is 11.4 Å². The van der Waals surface area contributed by atoms with Crippen molar-refractivity contribution in [3.63, 3.8) is 0 Å². The first-order chi connectivity index (χ1) is 13.9. The molecule has 0 aliphatic heterocycles. The van der Waals surface area contributed by atoms with E-state index in [1.165, 1.54) is 7.11 Å². The van der Waals surface area contributed by atoms with E-state index >= 15 is 0 Å². The van der Waals surface area contributed by atoms with Crippen LogP contribution in [0.3, 0.4) is 0 Å². The number of H-pyrrole nitrogens is 2. The van der Waals surface area contributed by atoms with E-state index in [0.29, 0.717) is 6.07 Å². The number of nitrogens with one attached hydrogen (secondary N) is 2. The normalized spacial score (nSPS) is 12.1. The number of aromatic amines is 2. The van der Waals surface area contributed by atoms with Gasteiger partial charge < -0.3 is 14.5 Å². The predicted octanol–water partition coefficient (Wildman–Crippen LogP) is 4.65. The molecule has 0 bridgehead atoms. The number of aromatic nitrogens is 4. The summed E-state index contributed by atoms with van der Waals surface area (Å²) in [4.78, 5) is 17.7. The topological polar surface area (TPSA) is 92.9 Å². The summed E-state index contributed by atoms with van der Waals surface area (Å²) < 4.78 is 89.2. The molecule has 0 aliphatic carbocycles. The first kappa shape index (κ1) is 21.5. The van der Waals surface area contributed by atoms with E-state index in [2.05, 4.69) is 20.2 Å². The Hall–Kier alpha value is -3.22. The molecular formula is C16H9ClF6N4O3. The number of methoxy groups -OCH3 is 1. The fourth-order valence-electron chi connectivity index (χ4n) is 2.37. The zero-order chi connectivity index (χ0) is 22.3. The van der Waals surface area contributed by atoms with Crippen LogP contribution in [-0.4, -0.2) is 27.3 Å². The van der Waals surface area contributed by atoms with Gasteiger partial charge in [-0.25, -0.2) is 4.98 Å².